The Morgan fingerprint density at radius 3 is 2.61 bits per heavy atom. The van der Waals surface area contributed by atoms with Crippen LogP contribution in [0.2, 0.25) is 0 Å². The predicted molar refractivity (Wildman–Crippen MR) is 71.2 cm³/mol. The van der Waals surface area contributed by atoms with Crippen molar-refractivity contribution < 1.29 is 13.9 Å². The Bertz CT molecular complexity index is 533. The van der Waals surface area contributed by atoms with Gasteiger partial charge in [0, 0.05) is 12.1 Å². The van der Waals surface area contributed by atoms with Gasteiger partial charge in [-0.15, -0.1) is 0 Å². The summed E-state index contributed by atoms with van der Waals surface area (Å²) in [6, 6.07) is 5.57. The van der Waals surface area contributed by atoms with Crippen molar-refractivity contribution in [2.24, 2.45) is 5.73 Å². The number of hydrogen-bond donors (Lipinski definition) is 1. The molecular weight excluding hydrogens is 230 g/mol. The molecule has 0 aliphatic carbocycles. The van der Waals surface area contributed by atoms with Crippen LogP contribution >= 0.6 is 0 Å². The van der Waals surface area contributed by atoms with Gasteiger partial charge in [-0.05, 0) is 12.5 Å². The van der Waals surface area contributed by atoms with Crippen molar-refractivity contribution >= 4 is 11.0 Å². The van der Waals surface area contributed by atoms with Gasteiger partial charge in [0.05, 0.1) is 25.6 Å². The summed E-state index contributed by atoms with van der Waals surface area (Å²) in [5.74, 6) is 2.24. The van der Waals surface area contributed by atoms with Gasteiger partial charge in [0.25, 0.3) is 0 Å². The molecule has 0 fully saturated rings. The highest BCUT2D eigenvalue weighted by molar-refractivity contribution is 5.86. The zero-order valence-corrected chi connectivity index (χ0v) is 11.0. The number of hydrogen-bond acceptors (Lipinski definition) is 4. The van der Waals surface area contributed by atoms with E-state index in [-0.39, 0.29) is 6.04 Å². The molecule has 2 aromatic rings. The molecule has 1 heterocycles. The van der Waals surface area contributed by atoms with Crippen LogP contribution in [0.3, 0.4) is 0 Å². The van der Waals surface area contributed by atoms with E-state index in [1.165, 1.54) is 0 Å². The van der Waals surface area contributed by atoms with Gasteiger partial charge < -0.3 is 19.6 Å². The average molecular weight is 249 g/mol. The minimum absolute atomic E-state index is 0.0712. The summed E-state index contributed by atoms with van der Waals surface area (Å²) < 4.78 is 16.3. The lowest BCUT2D eigenvalue weighted by Gasteiger charge is -2.04. The molecule has 2 rings (SSSR count). The maximum atomic E-state index is 6.07. The predicted octanol–water partition coefficient (Wildman–Crippen LogP) is 3.25. The second-order valence-corrected chi connectivity index (χ2v) is 4.29. The Morgan fingerprint density at radius 2 is 2.00 bits per heavy atom. The molecule has 0 saturated heterocycles. The summed E-state index contributed by atoms with van der Waals surface area (Å²) in [7, 11) is 3.25. The van der Waals surface area contributed by atoms with Gasteiger partial charge in [-0.25, -0.2) is 0 Å². The van der Waals surface area contributed by atoms with Gasteiger partial charge >= 0.3 is 0 Å². The topological polar surface area (TPSA) is 57.6 Å². The van der Waals surface area contributed by atoms with Crippen LogP contribution in [0.4, 0.5) is 0 Å². The number of nitrogens with two attached hydrogens (primary N) is 1. The fourth-order valence-corrected chi connectivity index (χ4v) is 2.03. The number of furan rings is 1. The molecule has 0 amide bonds. The highest BCUT2D eigenvalue weighted by atomic mass is 16.5. The Balaban J connectivity index is 2.49. The van der Waals surface area contributed by atoms with Crippen molar-refractivity contribution in [3.8, 4) is 11.5 Å². The van der Waals surface area contributed by atoms with Crippen LogP contribution in [0.25, 0.3) is 11.0 Å². The Kier molecular flexibility index (Phi) is 3.77. The van der Waals surface area contributed by atoms with Crippen LogP contribution in [0.1, 0.15) is 31.6 Å². The molecule has 1 unspecified atom stereocenters. The Labute approximate surface area is 107 Å². The minimum atomic E-state index is -0.0712. The Hall–Kier alpha value is -1.68. The molecule has 1 aromatic carbocycles. The van der Waals surface area contributed by atoms with E-state index >= 15 is 0 Å². The van der Waals surface area contributed by atoms with Crippen molar-refractivity contribution in [1.29, 1.82) is 0 Å². The van der Waals surface area contributed by atoms with Gasteiger partial charge in [0.1, 0.15) is 22.8 Å². The van der Waals surface area contributed by atoms with Crippen LogP contribution in [-0.2, 0) is 0 Å². The molecule has 0 bridgehead atoms. The maximum Gasteiger partial charge on any atom is 0.141 e. The Morgan fingerprint density at radius 1 is 1.22 bits per heavy atom. The molecule has 0 aliphatic rings. The van der Waals surface area contributed by atoms with E-state index in [1.807, 2.05) is 18.2 Å². The standard InChI is InChI=1S/C14H19NO3/c1-4-5-11(15)14-8-10-12(17-3)6-9(16-2)7-13(10)18-14/h6-8,11H,4-5,15H2,1-3H3. The summed E-state index contributed by atoms with van der Waals surface area (Å²) in [6.45, 7) is 2.10. The van der Waals surface area contributed by atoms with E-state index in [0.29, 0.717) is 5.75 Å². The van der Waals surface area contributed by atoms with Gasteiger partial charge in [0.15, 0.2) is 0 Å². The van der Waals surface area contributed by atoms with Crippen molar-refractivity contribution in [2.45, 2.75) is 25.8 Å². The molecule has 2 N–H and O–H groups in total. The van der Waals surface area contributed by atoms with Crippen molar-refractivity contribution in [3.63, 3.8) is 0 Å². The van der Waals surface area contributed by atoms with Crippen LogP contribution in [-0.4, -0.2) is 14.2 Å². The first-order chi connectivity index (χ1) is 8.69. The largest absolute Gasteiger partial charge is 0.496 e. The summed E-state index contributed by atoms with van der Waals surface area (Å²) in [5.41, 5.74) is 6.81. The third kappa shape index (κ3) is 2.29. The monoisotopic (exact) mass is 249 g/mol. The van der Waals surface area contributed by atoms with Crippen LogP contribution in [0, 0.1) is 0 Å². The molecule has 4 nitrogen and oxygen atoms in total. The average Bonchev–Trinajstić information content (AvgIpc) is 2.81. The lowest BCUT2D eigenvalue weighted by molar-refractivity contribution is 0.396. The van der Waals surface area contributed by atoms with E-state index in [9.17, 15) is 0 Å². The first kappa shape index (κ1) is 12.8. The fourth-order valence-electron chi connectivity index (χ4n) is 2.03. The van der Waals surface area contributed by atoms with E-state index in [0.717, 1.165) is 35.3 Å². The fraction of sp³-hybridized carbons (Fsp3) is 0.429. The normalized spacial score (nSPS) is 12.7. The van der Waals surface area contributed by atoms with E-state index in [1.54, 1.807) is 14.2 Å². The summed E-state index contributed by atoms with van der Waals surface area (Å²) in [4.78, 5) is 0. The van der Waals surface area contributed by atoms with Crippen molar-refractivity contribution in [3.05, 3.63) is 24.0 Å². The molecule has 0 saturated carbocycles. The molecule has 18 heavy (non-hydrogen) atoms. The lowest BCUT2D eigenvalue weighted by atomic mass is 10.1. The number of fused-ring (bicyclic) bond motifs is 1. The molecule has 98 valence electrons. The SMILES string of the molecule is CCCC(N)c1cc2c(OC)cc(OC)cc2o1. The van der Waals surface area contributed by atoms with Crippen LogP contribution in [0.15, 0.2) is 22.6 Å². The first-order valence-electron chi connectivity index (χ1n) is 6.10. The van der Waals surface area contributed by atoms with Gasteiger partial charge in [-0.3, -0.25) is 0 Å². The molecule has 1 atom stereocenters. The summed E-state index contributed by atoms with van der Waals surface area (Å²) in [6.07, 6.45) is 1.93. The summed E-state index contributed by atoms with van der Waals surface area (Å²) in [5, 5.41) is 0.930. The van der Waals surface area contributed by atoms with E-state index < -0.39 is 0 Å². The molecule has 1 aromatic heterocycles. The first-order valence-corrected chi connectivity index (χ1v) is 6.10. The highest BCUT2D eigenvalue weighted by Gasteiger charge is 2.15. The number of rotatable bonds is 5. The van der Waals surface area contributed by atoms with E-state index in [2.05, 4.69) is 6.92 Å². The highest BCUT2D eigenvalue weighted by Crippen LogP contribution is 2.35. The summed E-state index contributed by atoms with van der Waals surface area (Å²) >= 11 is 0. The minimum Gasteiger partial charge on any atom is -0.496 e. The molecule has 0 radical (unpaired) electrons. The molecule has 0 aliphatic heterocycles. The zero-order chi connectivity index (χ0) is 13.1. The molecule has 4 heteroatoms. The van der Waals surface area contributed by atoms with Crippen LogP contribution < -0.4 is 15.2 Å². The molecule has 0 spiro atoms. The van der Waals surface area contributed by atoms with Crippen LogP contribution in [0.5, 0.6) is 11.5 Å². The van der Waals surface area contributed by atoms with Crippen molar-refractivity contribution in [2.75, 3.05) is 14.2 Å². The van der Waals surface area contributed by atoms with Gasteiger partial charge in [0.2, 0.25) is 0 Å². The van der Waals surface area contributed by atoms with Gasteiger partial charge in [-0.2, -0.15) is 0 Å². The van der Waals surface area contributed by atoms with Crippen molar-refractivity contribution in [1.82, 2.24) is 0 Å². The second-order valence-electron chi connectivity index (χ2n) is 4.29. The second kappa shape index (κ2) is 5.31. The zero-order valence-electron chi connectivity index (χ0n) is 11.0. The molecular formula is C14H19NO3. The number of benzene rings is 1. The quantitative estimate of drug-likeness (QED) is 0.883. The number of ether oxygens (including phenoxy) is 2. The van der Waals surface area contributed by atoms with Gasteiger partial charge in [-0.1, -0.05) is 13.3 Å². The third-order valence-corrected chi connectivity index (χ3v) is 3.01. The maximum absolute atomic E-state index is 6.07. The van der Waals surface area contributed by atoms with E-state index in [4.69, 9.17) is 19.6 Å². The lowest BCUT2D eigenvalue weighted by Crippen LogP contribution is -2.08. The number of methoxy groups -OCH3 is 2. The third-order valence-electron chi connectivity index (χ3n) is 3.01. The smallest absolute Gasteiger partial charge is 0.141 e.